The Morgan fingerprint density at radius 1 is 1.33 bits per heavy atom. The van der Waals surface area contributed by atoms with Gasteiger partial charge in [-0.25, -0.2) is 0 Å². The minimum Gasteiger partial charge on any atom is -0.496 e. The van der Waals surface area contributed by atoms with Crippen LogP contribution in [0.15, 0.2) is 31.0 Å². The third kappa shape index (κ3) is 2.66. The Bertz CT molecular complexity index is 757. The Kier molecular flexibility index (Phi) is 4.56. The van der Waals surface area contributed by atoms with E-state index in [2.05, 4.69) is 19.6 Å². The third-order valence-electron chi connectivity index (χ3n) is 4.96. The van der Waals surface area contributed by atoms with Crippen molar-refractivity contribution >= 4 is 5.76 Å². The molecule has 4 nitrogen and oxygen atoms in total. The molecule has 0 unspecified atom stereocenters. The summed E-state index contributed by atoms with van der Waals surface area (Å²) in [5.41, 5.74) is 5.62. The van der Waals surface area contributed by atoms with Gasteiger partial charge in [0.15, 0.2) is 0 Å². The second-order valence-electron chi connectivity index (χ2n) is 6.33. The summed E-state index contributed by atoms with van der Waals surface area (Å²) in [5.74, 6) is 8.35. The van der Waals surface area contributed by atoms with Crippen LogP contribution in [-0.2, 0) is 4.74 Å². The van der Waals surface area contributed by atoms with Crippen molar-refractivity contribution in [3.8, 4) is 16.9 Å². The van der Waals surface area contributed by atoms with Crippen LogP contribution >= 0.6 is 0 Å². The van der Waals surface area contributed by atoms with Crippen molar-refractivity contribution in [2.75, 3.05) is 19.6 Å². The molecule has 0 amide bonds. The van der Waals surface area contributed by atoms with E-state index >= 15 is 0 Å². The molecule has 2 aromatic rings. The summed E-state index contributed by atoms with van der Waals surface area (Å²) in [7, 11) is 1.70. The van der Waals surface area contributed by atoms with Crippen LogP contribution < -0.4 is 10.6 Å². The molecule has 0 spiro atoms. The zero-order valence-corrected chi connectivity index (χ0v) is 14.8. The molecular weight excluding hydrogens is 300 g/mol. The topological polar surface area (TPSA) is 49.4 Å². The van der Waals surface area contributed by atoms with Gasteiger partial charge in [-0.15, -0.1) is 0 Å². The average molecular weight is 326 g/mol. The number of nitrogens with two attached hydrogens (primary N) is 1. The maximum absolute atomic E-state index is 6.29. The highest BCUT2D eigenvalue weighted by Gasteiger charge is 2.30. The lowest BCUT2D eigenvalue weighted by molar-refractivity contribution is 0.295. The van der Waals surface area contributed by atoms with E-state index in [9.17, 15) is 0 Å². The molecular formula is C20H26N2O2. The number of nitrogens with zero attached hydrogens (tertiary/aromatic N) is 1. The highest BCUT2D eigenvalue weighted by atomic mass is 16.5. The normalized spacial score (nSPS) is 14.3. The van der Waals surface area contributed by atoms with E-state index in [1.165, 1.54) is 24.8 Å². The van der Waals surface area contributed by atoms with E-state index in [0.29, 0.717) is 18.3 Å². The van der Waals surface area contributed by atoms with Gasteiger partial charge in [-0.1, -0.05) is 25.1 Å². The fourth-order valence-corrected chi connectivity index (χ4v) is 3.53. The van der Waals surface area contributed by atoms with E-state index < -0.39 is 0 Å². The van der Waals surface area contributed by atoms with Crippen LogP contribution in [0.4, 0.5) is 0 Å². The van der Waals surface area contributed by atoms with Gasteiger partial charge < -0.3 is 15.3 Å². The minimum absolute atomic E-state index is 0.516. The first-order valence-corrected chi connectivity index (χ1v) is 8.54. The van der Waals surface area contributed by atoms with Gasteiger partial charge in [-0.2, -0.15) is 0 Å². The molecule has 128 valence electrons. The maximum Gasteiger partial charge on any atom is 0.137 e. The van der Waals surface area contributed by atoms with Gasteiger partial charge in [-0.05, 0) is 55.4 Å². The first-order chi connectivity index (χ1) is 11.6. The molecule has 3 rings (SSSR count). The summed E-state index contributed by atoms with van der Waals surface area (Å²) < 4.78 is 12.8. The lowest BCUT2D eigenvalue weighted by Gasteiger charge is -2.28. The Morgan fingerprint density at radius 2 is 2.08 bits per heavy atom. The number of hydrogen-bond acceptors (Lipinski definition) is 3. The van der Waals surface area contributed by atoms with Crippen molar-refractivity contribution in [1.82, 2.24) is 4.68 Å². The molecule has 1 aromatic carbocycles. The number of methoxy groups -OCH3 is 1. The third-order valence-corrected chi connectivity index (χ3v) is 4.96. The van der Waals surface area contributed by atoms with E-state index in [1.54, 1.807) is 11.8 Å². The van der Waals surface area contributed by atoms with Gasteiger partial charge in [0.1, 0.15) is 17.2 Å². The van der Waals surface area contributed by atoms with Crippen LogP contribution in [0.1, 0.15) is 48.9 Å². The lowest BCUT2D eigenvalue weighted by Crippen LogP contribution is -2.16. The molecule has 0 saturated heterocycles. The summed E-state index contributed by atoms with van der Waals surface area (Å²) in [6, 6.07) is 6.14. The Balaban J connectivity index is 2.18. The number of aromatic nitrogens is 1. The zero-order chi connectivity index (χ0) is 17.3. The largest absolute Gasteiger partial charge is 0.496 e. The molecule has 1 aliphatic rings. The standard InChI is InChI=1S/C20H26N2O2/c1-5-24-14(3)20-19(15-8-6-9-15)17(12-22(20)21)16-10-7-11-18(23-4)13(16)2/h7,10-12,15H,3,5-6,8-9,21H2,1-2,4H3. The van der Waals surface area contributed by atoms with E-state index in [0.717, 1.165) is 28.1 Å². The van der Waals surface area contributed by atoms with Crippen LogP contribution in [-0.4, -0.2) is 18.4 Å². The molecule has 0 bridgehead atoms. The number of nitrogen functional groups attached to an aromatic ring is 1. The molecule has 0 radical (unpaired) electrons. The second-order valence-corrected chi connectivity index (χ2v) is 6.33. The number of rotatable bonds is 6. The molecule has 0 aliphatic heterocycles. The predicted octanol–water partition coefficient (Wildman–Crippen LogP) is 4.46. The van der Waals surface area contributed by atoms with Gasteiger partial charge in [0.05, 0.1) is 13.7 Å². The van der Waals surface area contributed by atoms with Gasteiger partial charge >= 0.3 is 0 Å². The van der Waals surface area contributed by atoms with Crippen LogP contribution in [0.2, 0.25) is 0 Å². The van der Waals surface area contributed by atoms with Crippen molar-refractivity contribution < 1.29 is 9.47 Å². The van der Waals surface area contributed by atoms with Crippen LogP contribution in [0.5, 0.6) is 5.75 Å². The predicted molar refractivity (Wildman–Crippen MR) is 98.6 cm³/mol. The molecule has 1 fully saturated rings. The Labute approximate surface area is 143 Å². The Hall–Kier alpha value is -2.36. The van der Waals surface area contributed by atoms with Crippen molar-refractivity contribution in [3.63, 3.8) is 0 Å². The summed E-state index contributed by atoms with van der Waals surface area (Å²) in [4.78, 5) is 0. The fourth-order valence-electron chi connectivity index (χ4n) is 3.53. The Morgan fingerprint density at radius 3 is 2.67 bits per heavy atom. The van der Waals surface area contributed by atoms with Crippen LogP contribution in [0.3, 0.4) is 0 Å². The molecule has 4 heteroatoms. The smallest absolute Gasteiger partial charge is 0.137 e. The average Bonchev–Trinajstić information content (AvgIpc) is 2.83. The van der Waals surface area contributed by atoms with Gasteiger partial charge in [-0.3, -0.25) is 4.68 Å². The van der Waals surface area contributed by atoms with Crippen LogP contribution in [0.25, 0.3) is 16.9 Å². The summed E-state index contributed by atoms with van der Waals surface area (Å²) in [6.07, 6.45) is 5.63. The van der Waals surface area contributed by atoms with Crippen molar-refractivity contribution in [1.29, 1.82) is 0 Å². The molecule has 1 heterocycles. The SMILES string of the molecule is C=C(OCC)c1c(C2CCC2)c(-c2cccc(OC)c2C)cn1N. The minimum atomic E-state index is 0.516. The number of ether oxygens (including phenoxy) is 2. The van der Waals surface area contributed by atoms with E-state index in [4.69, 9.17) is 15.3 Å². The van der Waals surface area contributed by atoms with Crippen molar-refractivity contribution in [3.05, 3.63) is 47.8 Å². The van der Waals surface area contributed by atoms with Crippen LogP contribution in [0, 0.1) is 6.92 Å². The van der Waals surface area contributed by atoms with Gasteiger partial charge in [0.25, 0.3) is 0 Å². The van der Waals surface area contributed by atoms with Crippen molar-refractivity contribution in [2.45, 2.75) is 39.0 Å². The lowest BCUT2D eigenvalue weighted by atomic mass is 9.77. The number of benzene rings is 1. The molecule has 0 atom stereocenters. The van der Waals surface area contributed by atoms with Gasteiger partial charge in [0, 0.05) is 11.8 Å². The monoisotopic (exact) mass is 326 g/mol. The van der Waals surface area contributed by atoms with E-state index in [1.807, 2.05) is 25.3 Å². The zero-order valence-electron chi connectivity index (χ0n) is 14.8. The first-order valence-electron chi connectivity index (χ1n) is 8.54. The number of hydrogen-bond donors (Lipinski definition) is 1. The molecule has 24 heavy (non-hydrogen) atoms. The second kappa shape index (κ2) is 6.63. The highest BCUT2D eigenvalue weighted by Crippen LogP contribution is 2.46. The molecule has 1 saturated carbocycles. The van der Waals surface area contributed by atoms with Crippen molar-refractivity contribution in [2.24, 2.45) is 0 Å². The molecule has 1 aliphatic carbocycles. The van der Waals surface area contributed by atoms with Gasteiger partial charge in [0.2, 0.25) is 0 Å². The fraction of sp³-hybridized carbons (Fsp3) is 0.400. The summed E-state index contributed by atoms with van der Waals surface area (Å²) in [5, 5.41) is 0. The highest BCUT2D eigenvalue weighted by molar-refractivity contribution is 5.78. The molecule has 2 N–H and O–H groups in total. The molecule has 1 aromatic heterocycles. The maximum atomic E-state index is 6.29. The quantitative estimate of drug-likeness (QED) is 0.630. The summed E-state index contributed by atoms with van der Waals surface area (Å²) in [6.45, 7) is 8.73. The van der Waals surface area contributed by atoms with E-state index in [-0.39, 0.29) is 0 Å². The first kappa shape index (κ1) is 16.5. The summed E-state index contributed by atoms with van der Waals surface area (Å²) >= 11 is 0.